The first-order chi connectivity index (χ1) is 9.26. The van der Waals surface area contributed by atoms with E-state index in [4.69, 9.17) is 10.8 Å². The van der Waals surface area contributed by atoms with Gasteiger partial charge in [0.15, 0.2) is 5.96 Å². The van der Waals surface area contributed by atoms with Crippen LogP contribution in [0, 0.1) is 0 Å². The van der Waals surface area contributed by atoms with Gasteiger partial charge < -0.3 is 16.2 Å². The zero-order chi connectivity index (χ0) is 13.9. The molecule has 1 aromatic carbocycles. The molecule has 0 saturated carbocycles. The highest BCUT2D eigenvalue weighted by Gasteiger charge is 1.96. The third-order valence-corrected chi connectivity index (χ3v) is 2.96. The highest BCUT2D eigenvalue weighted by molar-refractivity contribution is 14.0. The van der Waals surface area contributed by atoms with Crippen LogP contribution in [0.15, 0.2) is 29.3 Å². The summed E-state index contributed by atoms with van der Waals surface area (Å²) < 4.78 is 0. The summed E-state index contributed by atoms with van der Waals surface area (Å²) in [5.74, 6) is 0.468. The number of anilines is 1. The van der Waals surface area contributed by atoms with Crippen LogP contribution in [0.5, 0.6) is 0 Å². The summed E-state index contributed by atoms with van der Waals surface area (Å²) in [6.45, 7) is 3.14. The molecule has 0 bridgehead atoms. The molecular weight excluding hydrogens is 365 g/mol. The number of nitrogens with two attached hydrogens (primary N) is 1. The molecule has 0 spiro atoms. The molecule has 0 aliphatic heterocycles. The lowest BCUT2D eigenvalue weighted by atomic mass is 10.1. The molecule has 4 N–H and O–H groups in total. The Hall–Kier alpha value is -0.820. The van der Waals surface area contributed by atoms with Gasteiger partial charge in [-0.05, 0) is 37.0 Å². The number of aryl methyl sites for hydroxylation is 1. The van der Waals surface area contributed by atoms with Gasteiger partial charge >= 0.3 is 0 Å². The molecule has 20 heavy (non-hydrogen) atoms. The summed E-state index contributed by atoms with van der Waals surface area (Å²) in [6, 6.07) is 8.19. The number of hydrogen-bond acceptors (Lipinski definition) is 2. The summed E-state index contributed by atoms with van der Waals surface area (Å²) in [5, 5.41) is 11.8. The molecule has 0 fully saturated rings. The summed E-state index contributed by atoms with van der Waals surface area (Å²) in [4.78, 5) is 4.29. The van der Waals surface area contributed by atoms with Gasteiger partial charge in [-0.1, -0.05) is 31.9 Å². The molecule has 0 unspecified atom stereocenters. The van der Waals surface area contributed by atoms with Crippen molar-refractivity contribution in [3.63, 3.8) is 0 Å². The molecule has 0 saturated heterocycles. The Balaban J connectivity index is 0.00000361. The lowest BCUT2D eigenvalue weighted by molar-refractivity contribution is 0.282. The van der Waals surface area contributed by atoms with Gasteiger partial charge in [-0.3, -0.25) is 4.99 Å². The zero-order valence-electron chi connectivity index (χ0n) is 12.1. The highest BCUT2D eigenvalue weighted by atomic mass is 127. The minimum absolute atomic E-state index is 0. The van der Waals surface area contributed by atoms with Crippen LogP contribution in [-0.4, -0.2) is 24.2 Å². The van der Waals surface area contributed by atoms with Crippen molar-refractivity contribution < 1.29 is 5.11 Å². The van der Waals surface area contributed by atoms with E-state index in [2.05, 4.69) is 29.4 Å². The summed E-state index contributed by atoms with van der Waals surface area (Å²) in [6.07, 6.45) is 5.04. The molecule has 0 atom stereocenters. The van der Waals surface area contributed by atoms with E-state index in [0.717, 1.165) is 44.3 Å². The van der Waals surface area contributed by atoms with Crippen LogP contribution < -0.4 is 11.1 Å². The Morgan fingerprint density at radius 1 is 1.25 bits per heavy atom. The Bertz CT molecular complexity index is 396. The van der Waals surface area contributed by atoms with E-state index in [0.29, 0.717) is 5.96 Å². The number of guanidine groups is 1. The fourth-order valence-corrected chi connectivity index (χ4v) is 1.83. The first-order valence-corrected chi connectivity index (χ1v) is 7.03. The predicted molar refractivity (Wildman–Crippen MR) is 96.9 cm³/mol. The van der Waals surface area contributed by atoms with Crippen molar-refractivity contribution in [1.29, 1.82) is 0 Å². The molecule has 5 heteroatoms. The topological polar surface area (TPSA) is 70.6 Å². The van der Waals surface area contributed by atoms with Crippen LogP contribution in [0.25, 0.3) is 0 Å². The molecule has 0 amide bonds. The first-order valence-electron chi connectivity index (χ1n) is 7.03. The van der Waals surface area contributed by atoms with E-state index in [9.17, 15) is 0 Å². The Kier molecular flexibility index (Phi) is 11.5. The fourth-order valence-electron chi connectivity index (χ4n) is 1.83. The monoisotopic (exact) mass is 391 g/mol. The summed E-state index contributed by atoms with van der Waals surface area (Å²) >= 11 is 0. The van der Waals surface area contributed by atoms with Crippen molar-refractivity contribution in [2.75, 3.05) is 18.5 Å². The van der Waals surface area contributed by atoms with Crippen LogP contribution in [0.1, 0.15) is 38.2 Å². The Morgan fingerprint density at radius 3 is 2.70 bits per heavy atom. The van der Waals surface area contributed by atoms with Gasteiger partial charge in [0, 0.05) is 18.8 Å². The van der Waals surface area contributed by atoms with E-state index in [1.54, 1.807) is 0 Å². The first kappa shape index (κ1) is 19.2. The molecule has 0 aliphatic carbocycles. The maximum Gasteiger partial charge on any atom is 0.193 e. The number of aliphatic hydroxyl groups is 1. The van der Waals surface area contributed by atoms with Crippen molar-refractivity contribution in [2.24, 2.45) is 10.7 Å². The zero-order valence-corrected chi connectivity index (χ0v) is 14.5. The van der Waals surface area contributed by atoms with Crippen molar-refractivity contribution in [3.05, 3.63) is 29.8 Å². The highest BCUT2D eigenvalue weighted by Crippen LogP contribution is 2.10. The maximum atomic E-state index is 8.66. The second-order valence-electron chi connectivity index (χ2n) is 4.58. The SMILES string of the molecule is CCc1cccc(NC(N)=NCCCCCCO)c1.I. The van der Waals surface area contributed by atoms with Gasteiger partial charge in [0.2, 0.25) is 0 Å². The number of aliphatic imine (C=N–C) groups is 1. The average Bonchev–Trinajstić information content (AvgIpc) is 2.43. The molecule has 1 rings (SSSR count). The number of rotatable bonds is 8. The van der Waals surface area contributed by atoms with Crippen LogP contribution in [-0.2, 0) is 6.42 Å². The molecule has 0 heterocycles. The Labute approximate surface area is 138 Å². The van der Waals surface area contributed by atoms with Crippen LogP contribution in [0.4, 0.5) is 5.69 Å². The van der Waals surface area contributed by atoms with Gasteiger partial charge in [-0.15, -0.1) is 24.0 Å². The number of halogens is 1. The second-order valence-corrected chi connectivity index (χ2v) is 4.58. The normalized spacial score (nSPS) is 11.0. The predicted octanol–water partition coefficient (Wildman–Crippen LogP) is 3.15. The van der Waals surface area contributed by atoms with E-state index in [-0.39, 0.29) is 30.6 Å². The molecular formula is C15H26IN3O. The number of benzene rings is 1. The number of nitrogens with zero attached hydrogens (tertiary/aromatic N) is 1. The van der Waals surface area contributed by atoms with Gasteiger partial charge in [0.05, 0.1) is 0 Å². The van der Waals surface area contributed by atoms with E-state index in [1.165, 1.54) is 5.56 Å². The van der Waals surface area contributed by atoms with Gasteiger partial charge in [0.25, 0.3) is 0 Å². The molecule has 0 aliphatic rings. The smallest absolute Gasteiger partial charge is 0.193 e. The lowest BCUT2D eigenvalue weighted by Crippen LogP contribution is -2.22. The standard InChI is InChI=1S/C15H25N3O.HI/c1-2-13-8-7-9-14(12-13)18-15(16)17-10-5-3-4-6-11-19;/h7-9,12,19H,2-6,10-11H2,1H3,(H3,16,17,18);1H. The van der Waals surface area contributed by atoms with E-state index < -0.39 is 0 Å². The molecule has 114 valence electrons. The average molecular weight is 391 g/mol. The van der Waals surface area contributed by atoms with Crippen molar-refractivity contribution >= 4 is 35.6 Å². The summed E-state index contributed by atoms with van der Waals surface area (Å²) in [5.41, 5.74) is 8.10. The molecule has 4 nitrogen and oxygen atoms in total. The van der Waals surface area contributed by atoms with Crippen molar-refractivity contribution in [2.45, 2.75) is 39.0 Å². The third kappa shape index (κ3) is 8.37. The largest absolute Gasteiger partial charge is 0.396 e. The third-order valence-electron chi connectivity index (χ3n) is 2.96. The number of aliphatic hydroxyl groups excluding tert-OH is 1. The van der Waals surface area contributed by atoms with Gasteiger partial charge in [-0.25, -0.2) is 0 Å². The van der Waals surface area contributed by atoms with Crippen LogP contribution in [0.3, 0.4) is 0 Å². The molecule has 0 radical (unpaired) electrons. The quantitative estimate of drug-likeness (QED) is 0.276. The Morgan fingerprint density at radius 2 is 2.00 bits per heavy atom. The lowest BCUT2D eigenvalue weighted by Gasteiger charge is -2.07. The van der Waals surface area contributed by atoms with E-state index >= 15 is 0 Å². The number of nitrogens with one attached hydrogen (secondary N) is 1. The van der Waals surface area contributed by atoms with Crippen molar-refractivity contribution in [1.82, 2.24) is 0 Å². The molecule has 1 aromatic rings. The minimum Gasteiger partial charge on any atom is -0.396 e. The molecule has 0 aromatic heterocycles. The second kappa shape index (κ2) is 12.0. The number of unbranched alkanes of at least 4 members (excludes halogenated alkanes) is 3. The van der Waals surface area contributed by atoms with Crippen molar-refractivity contribution in [3.8, 4) is 0 Å². The van der Waals surface area contributed by atoms with Crippen LogP contribution in [0.2, 0.25) is 0 Å². The fraction of sp³-hybridized carbons (Fsp3) is 0.533. The maximum absolute atomic E-state index is 8.66. The van der Waals surface area contributed by atoms with Gasteiger partial charge in [-0.2, -0.15) is 0 Å². The van der Waals surface area contributed by atoms with Crippen LogP contribution >= 0.6 is 24.0 Å². The summed E-state index contributed by atoms with van der Waals surface area (Å²) in [7, 11) is 0. The van der Waals surface area contributed by atoms with Gasteiger partial charge in [0.1, 0.15) is 0 Å². The van der Waals surface area contributed by atoms with E-state index in [1.807, 2.05) is 12.1 Å². The number of hydrogen-bond donors (Lipinski definition) is 3. The minimum atomic E-state index is 0.